The molecule has 1 N–H and O–H groups in total. The van der Waals surface area contributed by atoms with E-state index in [1.54, 1.807) is 12.3 Å². The van der Waals surface area contributed by atoms with Gasteiger partial charge in [-0.15, -0.1) is 0 Å². The molecule has 0 spiro atoms. The van der Waals surface area contributed by atoms with Crippen molar-refractivity contribution in [3.8, 4) is 11.1 Å². The molecule has 3 aromatic carbocycles. The van der Waals surface area contributed by atoms with Gasteiger partial charge in [-0.1, -0.05) is 86.3 Å². The average molecular weight is 384 g/mol. The van der Waals surface area contributed by atoms with E-state index in [0.29, 0.717) is 5.92 Å². The molecule has 3 aromatic rings. The molecule has 0 bridgehead atoms. The van der Waals surface area contributed by atoms with Gasteiger partial charge in [-0.3, -0.25) is 0 Å². The molecule has 148 valence electrons. The Hall–Kier alpha value is -3.33. The summed E-state index contributed by atoms with van der Waals surface area (Å²) in [6.07, 6.45) is 3.33. The first-order chi connectivity index (χ1) is 14.2. The van der Waals surface area contributed by atoms with Gasteiger partial charge in [0.25, 0.3) is 0 Å². The predicted molar refractivity (Wildman–Crippen MR) is 126 cm³/mol. The molecule has 3 nitrogen and oxygen atoms in total. The second-order valence-electron chi connectivity index (χ2n) is 7.12. The van der Waals surface area contributed by atoms with Gasteiger partial charge in [-0.25, -0.2) is 0 Å². The van der Waals surface area contributed by atoms with Crippen LogP contribution in [-0.2, 0) is 0 Å². The number of nitrogens with one attached hydrogen (secondary N) is 1. The highest BCUT2D eigenvalue weighted by molar-refractivity contribution is 5.79. The second kappa shape index (κ2) is 10.3. The van der Waals surface area contributed by atoms with Crippen LogP contribution in [0.3, 0.4) is 0 Å². The first kappa shape index (κ1) is 20.4. The molecule has 0 radical (unpaired) electrons. The Labute approximate surface area is 174 Å². The van der Waals surface area contributed by atoms with E-state index in [1.165, 1.54) is 27.9 Å². The van der Waals surface area contributed by atoms with Crippen LogP contribution in [0.15, 0.2) is 96.6 Å². The Morgan fingerprint density at radius 2 is 1.66 bits per heavy atom. The summed E-state index contributed by atoms with van der Waals surface area (Å²) in [5.41, 5.74) is 9.41. The Kier molecular flexibility index (Phi) is 7.23. The standard InChI is InChI=1S/C26H29N3/c1-4-17-27-28-18-19-29(3)26-20-24(21(2)22-11-7-5-8-12-22)15-16-25(26)23-13-9-6-10-14-23/h4-17,20-21,28H,1,18-19H2,2-3H3/b27-17-. The summed E-state index contributed by atoms with van der Waals surface area (Å²) < 4.78 is 0. The first-order valence-electron chi connectivity index (χ1n) is 10.0. The summed E-state index contributed by atoms with van der Waals surface area (Å²) in [5, 5.41) is 4.10. The van der Waals surface area contributed by atoms with Gasteiger partial charge in [0.1, 0.15) is 0 Å². The Balaban J connectivity index is 1.91. The van der Waals surface area contributed by atoms with E-state index < -0.39 is 0 Å². The van der Waals surface area contributed by atoms with Crippen molar-refractivity contribution in [3.05, 3.63) is 103 Å². The van der Waals surface area contributed by atoms with Crippen molar-refractivity contribution in [2.24, 2.45) is 5.10 Å². The zero-order valence-electron chi connectivity index (χ0n) is 17.3. The number of anilines is 1. The van der Waals surface area contributed by atoms with Gasteiger partial charge in [-0.05, 0) is 28.8 Å². The highest BCUT2D eigenvalue weighted by Gasteiger charge is 2.14. The molecule has 0 aliphatic heterocycles. The van der Waals surface area contributed by atoms with Gasteiger partial charge >= 0.3 is 0 Å². The largest absolute Gasteiger partial charge is 0.372 e. The fraction of sp³-hybridized carbons (Fsp3) is 0.192. The number of likely N-dealkylation sites (N-methyl/N-ethyl adjacent to an activating group) is 1. The van der Waals surface area contributed by atoms with Crippen molar-refractivity contribution in [1.82, 2.24) is 5.43 Å². The molecule has 0 saturated heterocycles. The maximum Gasteiger partial charge on any atom is 0.0505 e. The van der Waals surface area contributed by atoms with Crippen molar-refractivity contribution in [3.63, 3.8) is 0 Å². The van der Waals surface area contributed by atoms with Gasteiger partial charge < -0.3 is 10.3 Å². The predicted octanol–water partition coefficient (Wildman–Crippen LogP) is 5.70. The molecule has 0 aliphatic carbocycles. The molecular weight excluding hydrogens is 354 g/mol. The van der Waals surface area contributed by atoms with Gasteiger partial charge in [-0.2, -0.15) is 5.10 Å². The third-order valence-corrected chi connectivity index (χ3v) is 5.15. The Morgan fingerprint density at radius 3 is 2.34 bits per heavy atom. The fourth-order valence-corrected chi connectivity index (χ4v) is 3.44. The lowest BCUT2D eigenvalue weighted by Crippen LogP contribution is -2.27. The summed E-state index contributed by atoms with van der Waals surface area (Å²) in [6.45, 7) is 7.51. The molecule has 0 aliphatic rings. The normalized spacial score (nSPS) is 11.9. The van der Waals surface area contributed by atoms with Crippen LogP contribution in [-0.4, -0.2) is 26.4 Å². The van der Waals surface area contributed by atoms with Gasteiger partial charge in [0.2, 0.25) is 0 Å². The molecule has 0 heterocycles. The van der Waals surface area contributed by atoms with E-state index in [2.05, 4.69) is 115 Å². The molecule has 0 saturated carbocycles. The Morgan fingerprint density at radius 1 is 0.966 bits per heavy atom. The van der Waals surface area contributed by atoms with E-state index in [1.807, 2.05) is 0 Å². The third kappa shape index (κ3) is 5.35. The lowest BCUT2D eigenvalue weighted by Gasteiger charge is -2.25. The van der Waals surface area contributed by atoms with Gasteiger partial charge in [0.15, 0.2) is 0 Å². The zero-order valence-corrected chi connectivity index (χ0v) is 17.3. The van der Waals surface area contributed by atoms with Gasteiger partial charge in [0, 0.05) is 37.0 Å². The quantitative estimate of drug-likeness (QED) is 0.291. The third-order valence-electron chi connectivity index (χ3n) is 5.15. The molecule has 1 unspecified atom stereocenters. The maximum absolute atomic E-state index is 4.10. The van der Waals surface area contributed by atoms with E-state index in [9.17, 15) is 0 Å². The highest BCUT2D eigenvalue weighted by Crippen LogP contribution is 2.34. The topological polar surface area (TPSA) is 27.6 Å². The molecule has 1 atom stereocenters. The van der Waals surface area contributed by atoms with Crippen LogP contribution in [0.5, 0.6) is 0 Å². The van der Waals surface area contributed by atoms with E-state index in [-0.39, 0.29) is 0 Å². The monoisotopic (exact) mass is 383 g/mol. The average Bonchev–Trinajstić information content (AvgIpc) is 2.79. The minimum atomic E-state index is 0.337. The first-order valence-corrected chi connectivity index (χ1v) is 10.0. The van der Waals surface area contributed by atoms with Crippen LogP contribution >= 0.6 is 0 Å². The molecule has 0 fully saturated rings. The van der Waals surface area contributed by atoms with Crippen molar-refractivity contribution in [2.75, 3.05) is 25.0 Å². The SMILES string of the molecule is C=C/C=N\NCCN(C)c1cc(C(C)c2ccccc2)ccc1-c1ccccc1. The van der Waals surface area contributed by atoms with Crippen molar-refractivity contribution in [1.29, 1.82) is 0 Å². The van der Waals surface area contributed by atoms with Crippen molar-refractivity contribution >= 4 is 11.9 Å². The van der Waals surface area contributed by atoms with Crippen LogP contribution in [0.2, 0.25) is 0 Å². The van der Waals surface area contributed by atoms with Crippen LogP contribution in [0.25, 0.3) is 11.1 Å². The second-order valence-corrected chi connectivity index (χ2v) is 7.12. The van der Waals surface area contributed by atoms with Gasteiger partial charge in [0.05, 0.1) is 6.54 Å². The minimum Gasteiger partial charge on any atom is -0.372 e. The van der Waals surface area contributed by atoms with E-state index in [0.717, 1.165) is 13.1 Å². The summed E-state index contributed by atoms with van der Waals surface area (Å²) >= 11 is 0. The lowest BCUT2D eigenvalue weighted by molar-refractivity contribution is 0.721. The van der Waals surface area contributed by atoms with Crippen LogP contribution < -0.4 is 10.3 Å². The van der Waals surface area contributed by atoms with Crippen LogP contribution in [0, 0.1) is 0 Å². The number of nitrogens with zero attached hydrogens (tertiary/aromatic N) is 2. The minimum absolute atomic E-state index is 0.337. The Bertz CT molecular complexity index is 933. The number of benzene rings is 3. The summed E-state index contributed by atoms with van der Waals surface area (Å²) in [6, 6.07) is 28.1. The van der Waals surface area contributed by atoms with Crippen molar-refractivity contribution in [2.45, 2.75) is 12.8 Å². The molecular formula is C26H29N3. The molecule has 3 rings (SSSR count). The van der Waals surface area contributed by atoms with Crippen LogP contribution in [0.4, 0.5) is 5.69 Å². The van der Waals surface area contributed by atoms with Crippen molar-refractivity contribution < 1.29 is 0 Å². The molecule has 0 aromatic heterocycles. The number of rotatable bonds is 9. The van der Waals surface area contributed by atoms with E-state index in [4.69, 9.17) is 0 Å². The number of hydrogen-bond donors (Lipinski definition) is 1. The highest BCUT2D eigenvalue weighted by atomic mass is 15.3. The summed E-state index contributed by atoms with van der Waals surface area (Å²) in [4.78, 5) is 2.29. The number of hydrogen-bond acceptors (Lipinski definition) is 3. The maximum atomic E-state index is 4.10. The number of allylic oxidation sites excluding steroid dienone is 1. The van der Waals surface area contributed by atoms with Crippen LogP contribution in [0.1, 0.15) is 24.0 Å². The smallest absolute Gasteiger partial charge is 0.0505 e. The molecule has 3 heteroatoms. The lowest BCUT2D eigenvalue weighted by atomic mass is 9.90. The summed E-state index contributed by atoms with van der Waals surface area (Å²) in [5.74, 6) is 0.337. The fourth-order valence-electron chi connectivity index (χ4n) is 3.44. The summed E-state index contributed by atoms with van der Waals surface area (Å²) in [7, 11) is 2.14. The molecule has 0 amide bonds. The number of hydrazone groups is 1. The molecule has 29 heavy (non-hydrogen) atoms. The van der Waals surface area contributed by atoms with E-state index >= 15 is 0 Å². The zero-order chi connectivity index (χ0) is 20.5.